The van der Waals surface area contributed by atoms with Crippen molar-refractivity contribution in [2.45, 2.75) is 20.8 Å². The van der Waals surface area contributed by atoms with Crippen LogP contribution >= 0.6 is 0 Å². The molecule has 0 fully saturated rings. The Labute approximate surface area is 140 Å². The standard InChI is InChI=1S/C19H20N4O/c1-13-7-9-17(10-8-13)23-19(24)18(15(3)22-23)12-20-21-16-6-4-5-14(2)11-16/h4-12,21-22H,1-3H3/b20-12-. The number of H-pyrrole nitrogens is 1. The Morgan fingerprint density at radius 3 is 2.50 bits per heavy atom. The maximum absolute atomic E-state index is 12.6. The van der Waals surface area contributed by atoms with E-state index >= 15 is 0 Å². The number of aryl methyl sites for hydroxylation is 3. The number of nitrogens with zero attached hydrogens (tertiary/aromatic N) is 2. The van der Waals surface area contributed by atoms with Gasteiger partial charge in [-0.3, -0.25) is 15.3 Å². The molecule has 0 aliphatic heterocycles. The van der Waals surface area contributed by atoms with Crippen LogP contribution < -0.4 is 11.0 Å². The van der Waals surface area contributed by atoms with E-state index in [2.05, 4.69) is 15.6 Å². The molecule has 5 nitrogen and oxygen atoms in total. The average molecular weight is 320 g/mol. The molecule has 0 saturated carbocycles. The van der Waals surface area contributed by atoms with Crippen molar-refractivity contribution < 1.29 is 0 Å². The third kappa shape index (κ3) is 3.30. The summed E-state index contributed by atoms with van der Waals surface area (Å²) >= 11 is 0. The van der Waals surface area contributed by atoms with E-state index < -0.39 is 0 Å². The number of anilines is 1. The number of nitrogens with one attached hydrogen (secondary N) is 2. The Bertz CT molecular complexity index is 933. The molecule has 0 bridgehead atoms. The lowest BCUT2D eigenvalue weighted by molar-refractivity contribution is 0.835. The number of aromatic nitrogens is 2. The van der Waals surface area contributed by atoms with Gasteiger partial charge in [0.1, 0.15) is 0 Å². The molecule has 1 heterocycles. The second-order valence-corrected chi connectivity index (χ2v) is 5.87. The summed E-state index contributed by atoms with van der Waals surface area (Å²) in [7, 11) is 0. The van der Waals surface area contributed by atoms with Crippen LogP contribution in [0.4, 0.5) is 5.69 Å². The first-order valence-electron chi connectivity index (χ1n) is 7.79. The molecule has 3 aromatic rings. The van der Waals surface area contributed by atoms with Gasteiger partial charge in [0.15, 0.2) is 0 Å². The predicted molar refractivity (Wildman–Crippen MR) is 98.3 cm³/mol. The highest BCUT2D eigenvalue weighted by atomic mass is 16.1. The number of aromatic amines is 1. The van der Waals surface area contributed by atoms with Crippen LogP contribution in [-0.2, 0) is 0 Å². The van der Waals surface area contributed by atoms with E-state index in [0.717, 1.165) is 28.2 Å². The molecule has 2 N–H and O–H groups in total. The second kappa shape index (κ2) is 6.58. The van der Waals surface area contributed by atoms with Crippen LogP contribution in [0.15, 0.2) is 58.4 Å². The molecule has 1 aromatic heterocycles. The third-order valence-corrected chi connectivity index (χ3v) is 3.81. The van der Waals surface area contributed by atoms with Gasteiger partial charge in [0.25, 0.3) is 5.56 Å². The van der Waals surface area contributed by atoms with Crippen molar-refractivity contribution in [2.24, 2.45) is 5.10 Å². The van der Waals surface area contributed by atoms with Crippen LogP contribution in [0, 0.1) is 20.8 Å². The van der Waals surface area contributed by atoms with Crippen LogP contribution in [0.3, 0.4) is 0 Å². The van der Waals surface area contributed by atoms with Crippen molar-refractivity contribution in [3.8, 4) is 5.69 Å². The Hall–Kier alpha value is -3.08. The smallest absolute Gasteiger partial charge is 0.280 e. The van der Waals surface area contributed by atoms with Gasteiger partial charge in [-0.05, 0) is 50.6 Å². The summed E-state index contributed by atoms with van der Waals surface area (Å²) in [5.74, 6) is 0. The van der Waals surface area contributed by atoms with Crippen molar-refractivity contribution >= 4 is 11.9 Å². The molecule has 0 radical (unpaired) electrons. The first kappa shape index (κ1) is 15.8. The fraction of sp³-hybridized carbons (Fsp3) is 0.158. The summed E-state index contributed by atoms with van der Waals surface area (Å²) in [5.41, 5.74) is 8.14. The van der Waals surface area contributed by atoms with E-state index in [1.54, 1.807) is 6.21 Å². The minimum atomic E-state index is -0.119. The number of hydrogen-bond acceptors (Lipinski definition) is 3. The molecule has 3 rings (SSSR count). The van der Waals surface area contributed by atoms with Gasteiger partial charge in [-0.15, -0.1) is 0 Å². The highest BCUT2D eigenvalue weighted by Gasteiger charge is 2.10. The largest absolute Gasteiger partial charge is 0.295 e. The zero-order valence-corrected chi connectivity index (χ0v) is 14.0. The van der Waals surface area contributed by atoms with E-state index in [1.807, 2.05) is 69.3 Å². The van der Waals surface area contributed by atoms with Gasteiger partial charge in [-0.1, -0.05) is 29.8 Å². The molecular weight excluding hydrogens is 300 g/mol. The van der Waals surface area contributed by atoms with Crippen molar-refractivity contribution in [1.29, 1.82) is 0 Å². The molecule has 24 heavy (non-hydrogen) atoms. The van der Waals surface area contributed by atoms with Gasteiger partial charge in [0.05, 0.1) is 23.2 Å². The van der Waals surface area contributed by atoms with E-state index in [9.17, 15) is 4.79 Å². The SMILES string of the molecule is Cc1ccc(-n2[nH]c(C)c(/C=N\Nc3cccc(C)c3)c2=O)cc1. The molecular formula is C19H20N4O. The van der Waals surface area contributed by atoms with E-state index in [-0.39, 0.29) is 5.56 Å². The Morgan fingerprint density at radius 2 is 1.79 bits per heavy atom. The maximum Gasteiger partial charge on any atom is 0.280 e. The molecule has 2 aromatic carbocycles. The molecule has 0 spiro atoms. The van der Waals surface area contributed by atoms with Crippen LogP contribution in [0.25, 0.3) is 5.69 Å². The first-order chi connectivity index (χ1) is 11.5. The Morgan fingerprint density at radius 1 is 1.04 bits per heavy atom. The average Bonchev–Trinajstić information content (AvgIpc) is 2.84. The molecule has 0 saturated heterocycles. The molecule has 0 aliphatic carbocycles. The van der Waals surface area contributed by atoms with E-state index in [1.165, 1.54) is 4.68 Å². The predicted octanol–water partition coefficient (Wildman–Crippen LogP) is 3.54. The highest BCUT2D eigenvalue weighted by Crippen LogP contribution is 2.10. The zero-order valence-electron chi connectivity index (χ0n) is 14.0. The van der Waals surface area contributed by atoms with Crippen molar-refractivity contribution in [3.63, 3.8) is 0 Å². The van der Waals surface area contributed by atoms with Crippen molar-refractivity contribution in [1.82, 2.24) is 9.78 Å². The fourth-order valence-corrected chi connectivity index (χ4v) is 2.47. The zero-order chi connectivity index (χ0) is 17.1. The van der Waals surface area contributed by atoms with E-state index in [4.69, 9.17) is 0 Å². The fourth-order valence-electron chi connectivity index (χ4n) is 2.47. The minimum Gasteiger partial charge on any atom is -0.295 e. The maximum atomic E-state index is 12.6. The summed E-state index contributed by atoms with van der Waals surface area (Å²) in [6, 6.07) is 15.7. The summed E-state index contributed by atoms with van der Waals surface area (Å²) in [5, 5.41) is 7.28. The lowest BCUT2D eigenvalue weighted by atomic mass is 10.2. The van der Waals surface area contributed by atoms with Crippen LogP contribution in [-0.4, -0.2) is 16.0 Å². The number of benzene rings is 2. The summed E-state index contributed by atoms with van der Waals surface area (Å²) in [6.07, 6.45) is 1.56. The quantitative estimate of drug-likeness (QED) is 0.570. The molecule has 0 unspecified atom stereocenters. The summed E-state index contributed by atoms with van der Waals surface area (Å²) in [6.45, 7) is 5.90. The third-order valence-electron chi connectivity index (χ3n) is 3.81. The summed E-state index contributed by atoms with van der Waals surface area (Å²) < 4.78 is 1.53. The molecule has 0 aliphatic rings. The topological polar surface area (TPSA) is 62.2 Å². The van der Waals surface area contributed by atoms with Gasteiger partial charge < -0.3 is 0 Å². The Balaban J connectivity index is 1.85. The number of hydrogen-bond donors (Lipinski definition) is 2. The van der Waals surface area contributed by atoms with Crippen LogP contribution in [0.1, 0.15) is 22.4 Å². The number of rotatable bonds is 4. The normalized spacial score (nSPS) is 11.1. The Kier molecular flexibility index (Phi) is 4.33. The molecule has 5 heteroatoms. The first-order valence-corrected chi connectivity index (χ1v) is 7.79. The summed E-state index contributed by atoms with van der Waals surface area (Å²) in [4.78, 5) is 12.6. The minimum absolute atomic E-state index is 0.119. The van der Waals surface area contributed by atoms with Gasteiger partial charge in [0.2, 0.25) is 0 Å². The van der Waals surface area contributed by atoms with Crippen LogP contribution in [0.5, 0.6) is 0 Å². The monoisotopic (exact) mass is 320 g/mol. The molecule has 0 atom stereocenters. The van der Waals surface area contributed by atoms with Gasteiger partial charge in [-0.2, -0.15) is 5.10 Å². The lowest BCUT2D eigenvalue weighted by Gasteiger charge is -2.01. The second-order valence-electron chi connectivity index (χ2n) is 5.87. The van der Waals surface area contributed by atoms with Gasteiger partial charge >= 0.3 is 0 Å². The lowest BCUT2D eigenvalue weighted by Crippen LogP contribution is -2.17. The van der Waals surface area contributed by atoms with Crippen LogP contribution in [0.2, 0.25) is 0 Å². The van der Waals surface area contributed by atoms with E-state index in [0.29, 0.717) is 5.56 Å². The van der Waals surface area contributed by atoms with Gasteiger partial charge in [0, 0.05) is 5.69 Å². The van der Waals surface area contributed by atoms with Crippen molar-refractivity contribution in [2.75, 3.05) is 5.43 Å². The molecule has 122 valence electrons. The van der Waals surface area contributed by atoms with Gasteiger partial charge in [-0.25, -0.2) is 4.68 Å². The highest BCUT2D eigenvalue weighted by molar-refractivity contribution is 5.81. The molecule has 0 amide bonds. The number of hydrazone groups is 1. The van der Waals surface area contributed by atoms with Crippen molar-refractivity contribution in [3.05, 3.63) is 81.3 Å².